The molecule has 0 spiro atoms. The fraction of sp³-hybridized carbons (Fsp3) is 0.455. The van der Waals surface area contributed by atoms with Crippen LogP contribution in [0.4, 0.5) is 11.4 Å². The van der Waals surface area contributed by atoms with E-state index in [9.17, 15) is 0 Å². The molecular formula is C11H16N2O2. The van der Waals surface area contributed by atoms with Crippen molar-refractivity contribution >= 4 is 11.4 Å². The normalized spacial score (nSPS) is 16.7. The van der Waals surface area contributed by atoms with E-state index in [0.29, 0.717) is 5.69 Å². The lowest BCUT2D eigenvalue weighted by Crippen LogP contribution is -2.36. The molecule has 2 rings (SSSR count). The molecule has 1 aliphatic heterocycles. The molecule has 1 heterocycles. The number of hydrogen-bond donors (Lipinski definition) is 2. The van der Waals surface area contributed by atoms with Crippen LogP contribution in [0.3, 0.4) is 0 Å². The molecule has 0 bridgehead atoms. The van der Waals surface area contributed by atoms with Gasteiger partial charge in [-0.2, -0.15) is 0 Å². The molecule has 0 saturated carbocycles. The maximum absolute atomic E-state index is 9.09. The van der Waals surface area contributed by atoms with Crippen molar-refractivity contribution in [3.8, 4) is 0 Å². The molecule has 1 saturated heterocycles. The van der Waals surface area contributed by atoms with E-state index < -0.39 is 0 Å². The summed E-state index contributed by atoms with van der Waals surface area (Å²) in [5.41, 5.74) is 8.40. The van der Waals surface area contributed by atoms with Gasteiger partial charge in [0.25, 0.3) is 0 Å². The summed E-state index contributed by atoms with van der Waals surface area (Å²) in [4.78, 5) is 2.22. The highest BCUT2D eigenvalue weighted by Crippen LogP contribution is 2.21. The van der Waals surface area contributed by atoms with E-state index in [0.717, 1.165) is 37.6 Å². The number of hydrogen-bond acceptors (Lipinski definition) is 4. The lowest BCUT2D eigenvalue weighted by Gasteiger charge is -2.29. The Balaban J connectivity index is 2.22. The number of benzene rings is 1. The molecule has 0 aromatic heterocycles. The minimum absolute atomic E-state index is 0.0301. The van der Waals surface area contributed by atoms with Crippen molar-refractivity contribution in [2.45, 2.75) is 6.61 Å². The summed E-state index contributed by atoms with van der Waals surface area (Å²) in [6.45, 7) is 3.30. The van der Waals surface area contributed by atoms with Crippen LogP contribution in [0.25, 0.3) is 0 Å². The number of ether oxygens (including phenoxy) is 1. The maximum atomic E-state index is 9.09. The Morgan fingerprint density at radius 2 is 2.00 bits per heavy atom. The lowest BCUT2D eigenvalue weighted by atomic mass is 10.1. The number of aliphatic hydroxyl groups excluding tert-OH is 1. The first-order valence-corrected chi connectivity index (χ1v) is 5.12. The molecule has 4 heteroatoms. The van der Waals surface area contributed by atoms with Gasteiger partial charge in [0, 0.05) is 24.5 Å². The molecule has 0 amide bonds. The van der Waals surface area contributed by atoms with E-state index in [1.54, 1.807) is 6.07 Å². The molecule has 0 radical (unpaired) electrons. The Labute approximate surface area is 89.3 Å². The number of rotatable bonds is 2. The molecule has 1 fully saturated rings. The molecule has 3 N–H and O–H groups in total. The first-order valence-electron chi connectivity index (χ1n) is 5.12. The summed E-state index contributed by atoms with van der Waals surface area (Å²) in [6, 6.07) is 5.70. The van der Waals surface area contributed by atoms with Gasteiger partial charge in [0.2, 0.25) is 0 Å². The van der Waals surface area contributed by atoms with Crippen molar-refractivity contribution in [1.82, 2.24) is 0 Å². The Morgan fingerprint density at radius 3 is 2.67 bits per heavy atom. The highest BCUT2D eigenvalue weighted by molar-refractivity contribution is 5.58. The van der Waals surface area contributed by atoms with Gasteiger partial charge in [0.05, 0.1) is 19.8 Å². The van der Waals surface area contributed by atoms with E-state index in [-0.39, 0.29) is 6.61 Å². The van der Waals surface area contributed by atoms with Crippen LogP contribution in [0.1, 0.15) is 5.56 Å². The average molecular weight is 208 g/mol. The summed E-state index contributed by atoms with van der Waals surface area (Å²) >= 11 is 0. The first kappa shape index (κ1) is 10.3. The van der Waals surface area contributed by atoms with Crippen molar-refractivity contribution in [3.05, 3.63) is 23.8 Å². The number of nitrogens with two attached hydrogens (primary N) is 1. The number of anilines is 2. The molecule has 1 aromatic carbocycles. The van der Waals surface area contributed by atoms with Gasteiger partial charge < -0.3 is 20.5 Å². The van der Waals surface area contributed by atoms with Crippen molar-refractivity contribution in [2.75, 3.05) is 36.9 Å². The zero-order valence-electron chi connectivity index (χ0n) is 8.65. The second-order valence-corrected chi connectivity index (χ2v) is 3.69. The van der Waals surface area contributed by atoms with E-state index in [4.69, 9.17) is 15.6 Å². The third-order valence-corrected chi connectivity index (χ3v) is 2.56. The summed E-state index contributed by atoms with van der Waals surface area (Å²) in [5.74, 6) is 0. The zero-order chi connectivity index (χ0) is 10.7. The summed E-state index contributed by atoms with van der Waals surface area (Å²) in [6.07, 6.45) is 0. The summed E-state index contributed by atoms with van der Waals surface area (Å²) < 4.78 is 5.29. The van der Waals surface area contributed by atoms with Crippen LogP contribution in [0.5, 0.6) is 0 Å². The van der Waals surface area contributed by atoms with Crippen LogP contribution in [0, 0.1) is 0 Å². The van der Waals surface area contributed by atoms with E-state index >= 15 is 0 Å². The van der Waals surface area contributed by atoms with Crippen LogP contribution in [0.2, 0.25) is 0 Å². The van der Waals surface area contributed by atoms with Crippen LogP contribution < -0.4 is 10.6 Å². The third-order valence-electron chi connectivity index (χ3n) is 2.56. The fourth-order valence-electron chi connectivity index (χ4n) is 1.80. The van der Waals surface area contributed by atoms with Gasteiger partial charge in [0.1, 0.15) is 0 Å². The summed E-state index contributed by atoms with van der Waals surface area (Å²) in [7, 11) is 0. The van der Waals surface area contributed by atoms with E-state index in [1.165, 1.54) is 0 Å². The lowest BCUT2D eigenvalue weighted by molar-refractivity contribution is 0.122. The minimum Gasteiger partial charge on any atom is -0.399 e. The van der Waals surface area contributed by atoms with Crippen LogP contribution in [0.15, 0.2) is 18.2 Å². The number of nitrogens with zero attached hydrogens (tertiary/aromatic N) is 1. The van der Waals surface area contributed by atoms with Crippen LogP contribution >= 0.6 is 0 Å². The van der Waals surface area contributed by atoms with Gasteiger partial charge in [-0.15, -0.1) is 0 Å². The van der Waals surface area contributed by atoms with Crippen molar-refractivity contribution < 1.29 is 9.84 Å². The number of nitrogen functional groups attached to an aromatic ring is 1. The largest absolute Gasteiger partial charge is 0.399 e. The predicted molar refractivity (Wildman–Crippen MR) is 59.8 cm³/mol. The van der Waals surface area contributed by atoms with Crippen LogP contribution in [-0.4, -0.2) is 31.4 Å². The highest BCUT2D eigenvalue weighted by atomic mass is 16.5. The smallest absolute Gasteiger partial charge is 0.0683 e. The van der Waals surface area contributed by atoms with Crippen molar-refractivity contribution in [1.29, 1.82) is 0 Å². The second kappa shape index (κ2) is 4.51. The average Bonchev–Trinajstić information content (AvgIpc) is 2.29. The molecule has 82 valence electrons. The molecule has 4 nitrogen and oxygen atoms in total. The number of morpholine rings is 1. The fourth-order valence-corrected chi connectivity index (χ4v) is 1.80. The highest BCUT2D eigenvalue weighted by Gasteiger charge is 2.11. The topological polar surface area (TPSA) is 58.7 Å². The quantitative estimate of drug-likeness (QED) is 0.699. The Hall–Kier alpha value is -1.26. The predicted octanol–water partition coefficient (Wildman–Crippen LogP) is 0.598. The maximum Gasteiger partial charge on any atom is 0.0683 e. The number of aliphatic hydroxyl groups is 1. The Kier molecular flexibility index (Phi) is 3.08. The van der Waals surface area contributed by atoms with E-state index in [2.05, 4.69) is 4.90 Å². The minimum atomic E-state index is 0.0301. The van der Waals surface area contributed by atoms with Crippen LogP contribution in [-0.2, 0) is 11.3 Å². The zero-order valence-corrected chi connectivity index (χ0v) is 8.65. The molecule has 0 aliphatic carbocycles. The van der Waals surface area contributed by atoms with Gasteiger partial charge in [-0.25, -0.2) is 0 Å². The third kappa shape index (κ3) is 2.40. The van der Waals surface area contributed by atoms with Gasteiger partial charge in [-0.05, 0) is 23.8 Å². The van der Waals surface area contributed by atoms with Gasteiger partial charge in [0.15, 0.2) is 0 Å². The Bertz CT molecular complexity index is 335. The molecule has 0 unspecified atom stereocenters. The monoisotopic (exact) mass is 208 g/mol. The molecule has 1 aromatic rings. The van der Waals surface area contributed by atoms with Gasteiger partial charge in [-0.3, -0.25) is 0 Å². The second-order valence-electron chi connectivity index (χ2n) is 3.69. The first-order chi connectivity index (χ1) is 7.29. The van der Waals surface area contributed by atoms with Gasteiger partial charge in [-0.1, -0.05) is 0 Å². The standard InChI is InChI=1S/C11H16N2O2/c12-10-5-9(8-14)6-11(7-10)13-1-3-15-4-2-13/h5-7,14H,1-4,8,12H2. The molecule has 15 heavy (non-hydrogen) atoms. The van der Waals surface area contributed by atoms with Crippen molar-refractivity contribution in [2.24, 2.45) is 0 Å². The molecular weight excluding hydrogens is 192 g/mol. The SMILES string of the molecule is Nc1cc(CO)cc(N2CCOCC2)c1. The van der Waals surface area contributed by atoms with E-state index in [1.807, 2.05) is 12.1 Å². The summed E-state index contributed by atoms with van der Waals surface area (Å²) in [5, 5.41) is 9.09. The van der Waals surface area contributed by atoms with Gasteiger partial charge >= 0.3 is 0 Å². The molecule has 1 aliphatic rings. The molecule has 0 atom stereocenters. The Morgan fingerprint density at radius 1 is 1.27 bits per heavy atom. The van der Waals surface area contributed by atoms with Crippen molar-refractivity contribution in [3.63, 3.8) is 0 Å².